The van der Waals surface area contributed by atoms with Crippen molar-refractivity contribution in [3.63, 3.8) is 0 Å². The molecule has 0 bridgehead atoms. The van der Waals surface area contributed by atoms with Crippen LogP contribution in [-0.4, -0.2) is 39.9 Å². The lowest BCUT2D eigenvalue weighted by Crippen LogP contribution is -2.39. The molecule has 0 saturated carbocycles. The van der Waals surface area contributed by atoms with Gasteiger partial charge in [0.15, 0.2) is 11.6 Å². The number of carbonyl (C=O) groups excluding carboxylic acids is 1. The summed E-state index contributed by atoms with van der Waals surface area (Å²) in [6.07, 6.45) is 2.63. The number of rotatable bonds is 3. The van der Waals surface area contributed by atoms with Crippen LogP contribution in [0.2, 0.25) is 0 Å². The molecule has 2 aromatic rings. The number of benzene rings is 1. The molecule has 1 N–H and O–H groups in total. The molecule has 2 saturated heterocycles. The highest BCUT2D eigenvalue weighted by Gasteiger charge is 2.35. The van der Waals surface area contributed by atoms with Crippen molar-refractivity contribution in [2.75, 3.05) is 18.5 Å². The summed E-state index contributed by atoms with van der Waals surface area (Å²) in [5.74, 6) is -1.14. The zero-order valence-corrected chi connectivity index (χ0v) is 16.0. The Morgan fingerprint density at radius 2 is 2.07 bits per heavy atom. The molecule has 0 aliphatic carbocycles. The largest absolute Gasteiger partial charge is 0.372 e. The molecule has 150 valence electrons. The molecule has 3 unspecified atom stereocenters. The third-order valence-corrected chi connectivity index (χ3v) is 5.78. The van der Waals surface area contributed by atoms with Gasteiger partial charge in [-0.1, -0.05) is 6.07 Å². The molecule has 6 nitrogen and oxygen atoms in total. The van der Waals surface area contributed by atoms with Crippen LogP contribution in [-0.2, 0) is 11.8 Å². The minimum atomic E-state index is -0.859. The van der Waals surface area contributed by atoms with Crippen LogP contribution in [0.25, 0.3) is 0 Å². The van der Waals surface area contributed by atoms with E-state index >= 15 is 0 Å². The molecule has 28 heavy (non-hydrogen) atoms. The number of hydrogen-bond donors (Lipinski definition) is 1. The van der Waals surface area contributed by atoms with Gasteiger partial charge < -0.3 is 9.64 Å². The third-order valence-electron chi connectivity index (χ3n) is 5.78. The predicted molar refractivity (Wildman–Crippen MR) is 100 cm³/mol. The second-order valence-corrected chi connectivity index (χ2v) is 7.51. The average Bonchev–Trinajstić information content (AvgIpc) is 3.38. The summed E-state index contributed by atoms with van der Waals surface area (Å²) in [7, 11) is 1.78. The Balaban J connectivity index is 1.44. The van der Waals surface area contributed by atoms with Crippen LogP contribution in [0.4, 0.5) is 19.4 Å². The van der Waals surface area contributed by atoms with Crippen LogP contribution < -0.4 is 5.32 Å². The van der Waals surface area contributed by atoms with Gasteiger partial charge in [0.2, 0.25) is 0 Å². The molecule has 0 radical (unpaired) electrons. The monoisotopic (exact) mass is 390 g/mol. The van der Waals surface area contributed by atoms with Crippen molar-refractivity contribution < 1.29 is 18.3 Å². The zero-order chi connectivity index (χ0) is 19.8. The number of halogens is 2. The van der Waals surface area contributed by atoms with Gasteiger partial charge in [-0.3, -0.25) is 10.00 Å². The lowest BCUT2D eigenvalue weighted by Gasteiger charge is -2.25. The Bertz CT molecular complexity index is 879. The number of aryl methyl sites for hydroxylation is 1. The molecule has 2 amide bonds. The van der Waals surface area contributed by atoms with Gasteiger partial charge in [-0.15, -0.1) is 0 Å². The molecular weight excluding hydrogens is 366 g/mol. The van der Waals surface area contributed by atoms with Crippen molar-refractivity contribution in [3.8, 4) is 0 Å². The van der Waals surface area contributed by atoms with E-state index in [4.69, 9.17) is 4.74 Å². The number of nitrogens with zero attached hydrogens (tertiary/aromatic N) is 3. The number of ether oxygens (including phenoxy) is 1. The molecular formula is C20H24F2N4O2. The van der Waals surface area contributed by atoms with Crippen LogP contribution in [0.3, 0.4) is 0 Å². The van der Waals surface area contributed by atoms with E-state index in [-0.39, 0.29) is 24.1 Å². The standard InChI is InChI=1S/C20H24F2N4O2/c1-12-14(13-5-6-15(21)16(22)10-13)7-8-26(12)20(27)23-19-11-17(24-25(19)2)18-4-3-9-28-18/h5-6,10-12,14,18H,3-4,7-9H2,1-2H3,(H,23,27). The van der Waals surface area contributed by atoms with Crippen LogP contribution >= 0.6 is 0 Å². The highest BCUT2D eigenvalue weighted by molar-refractivity contribution is 5.89. The van der Waals surface area contributed by atoms with Crippen LogP contribution in [0.1, 0.15) is 49.5 Å². The lowest BCUT2D eigenvalue weighted by molar-refractivity contribution is 0.108. The maximum absolute atomic E-state index is 13.6. The van der Waals surface area contributed by atoms with Gasteiger partial charge >= 0.3 is 6.03 Å². The number of anilines is 1. The maximum atomic E-state index is 13.6. The fourth-order valence-electron chi connectivity index (χ4n) is 4.17. The molecule has 1 aromatic heterocycles. The van der Waals surface area contributed by atoms with E-state index in [1.807, 2.05) is 13.0 Å². The Kier molecular flexibility index (Phi) is 5.05. The topological polar surface area (TPSA) is 59.4 Å². The van der Waals surface area contributed by atoms with Gasteiger partial charge in [0.1, 0.15) is 11.9 Å². The number of hydrogen-bond acceptors (Lipinski definition) is 3. The number of carbonyl (C=O) groups is 1. The first kappa shape index (κ1) is 18.9. The summed E-state index contributed by atoms with van der Waals surface area (Å²) in [5, 5.41) is 7.37. The van der Waals surface area contributed by atoms with Gasteiger partial charge in [0.05, 0.1) is 5.69 Å². The SMILES string of the molecule is CC1C(c2ccc(F)c(F)c2)CCN1C(=O)Nc1cc(C2CCCO2)nn1C. The van der Waals surface area contributed by atoms with Crippen molar-refractivity contribution in [3.05, 3.63) is 47.2 Å². The van der Waals surface area contributed by atoms with E-state index in [1.54, 1.807) is 22.7 Å². The molecule has 1 aromatic carbocycles. The highest BCUT2D eigenvalue weighted by atomic mass is 19.2. The number of amides is 2. The van der Waals surface area contributed by atoms with Gasteiger partial charge in [-0.2, -0.15) is 5.10 Å². The average molecular weight is 390 g/mol. The van der Waals surface area contributed by atoms with Crippen LogP contribution in [0, 0.1) is 11.6 Å². The van der Waals surface area contributed by atoms with E-state index < -0.39 is 11.6 Å². The second-order valence-electron chi connectivity index (χ2n) is 7.51. The van der Waals surface area contributed by atoms with Crippen molar-refractivity contribution in [1.29, 1.82) is 0 Å². The molecule has 3 heterocycles. The van der Waals surface area contributed by atoms with Crippen molar-refractivity contribution >= 4 is 11.8 Å². The summed E-state index contributed by atoms with van der Waals surface area (Å²) in [4.78, 5) is 14.5. The molecule has 2 aliphatic rings. The predicted octanol–water partition coefficient (Wildman–Crippen LogP) is 3.96. The Hall–Kier alpha value is -2.48. The summed E-state index contributed by atoms with van der Waals surface area (Å²) >= 11 is 0. The summed E-state index contributed by atoms with van der Waals surface area (Å²) in [5.41, 5.74) is 1.53. The van der Waals surface area contributed by atoms with Crippen LogP contribution in [0.15, 0.2) is 24.3 Å². The highest BCUT2D eigenvalue weighted by Crippen LogP contribution is 2.34. The van der Waals surface area contributed by atoms with Crippen molar-refractivity contribution in [2.45, 2.75) is 44.2 Å². The molecule has 8 heteroatoms. The van der Waals surface area contributed by atoms with E-state index in [0.29, 0.717) is 24.3 Å². The summed E-state index contributed by atoms with van der Waals surface area (Å²) in [6.45, 7) is 3.21. The van der Waals surface area contributed by atoms with E-state index in [2.05, 4.69) is 10.4 Å². The third kappa shape index (κ3) is 3.48. The molecule has 4 rings (SSSR count). The van der Waals surface area contributed by atoms with E-state index in [0.717, 1.165) is 31.2 Å². The van der Waals surface area contributed by atoms with Gasteiger partial charge in [-0.05, 0) is 43.9 Å². The molecule has 2 aliphatic heterocycles. The maximum Gasteiger partial charge on any atom is 0.323 e. The number of nitrogens with one attached hydrogen (secondary N) is 1. The second kappa shape index (κ2) is 7.50. The molecule has 3 atom stereocenters. The number of likely N-dealkylation sites (tertiary alicyclic amines) is 1. The van der Waals surface area contributed by atoms with E-state index in [1.165, 1.54) is 6.07 Å². The smallest absolute Gasteiger partial charge is 0.323 e. The fraction of sp³-hybridized carbons (Fsp3) is 0.500. The minimum Gasteiger partial charge on any atom is -0.372 e. The first-order valence-corrected chi connectivity index (χ1v) is 9.62. The van der Waals surface area contributed by atoms with E-state index in [9.17, 15) is 13.6 Å². The Labute approximate surface area is 162 Å². The van der Waals surface area contributed by atoms with Gasteiger partial charge in [0, 0.05) is 38.2 Å². The summed E-state index contributed by atoms with van der Waals surface area (Å²) in [6, 6.07) is 5.46. The fourth-order valence-corrected chi connectivity index (χ4v) is 4.17. The Morgan fingerprint density at radius 3 is 2.79 bits per heavy atom. The first-order chi connectivity index (χ1) is 13.4. The molecule has 0 spiro atoms. The van der Waals surface area contributed by atoms with Crippen molar-refractivity contribution in [1.82, 2.24) is 14.7 Å². The van der Waals surface area contributed by atoms with Gasteiger partial charge in [-0.25, -0.2) is 13.6 Å². The first-order valence-electron chi connectivity index (χ1n) is 9.62. The number of urea groups is 1. The van der Waals surface area contributed by atoms with Crippen LogP contribution in [0.5, 0.6) is 0 Å². The zero-order valence-electron chi connectivity index (χ0n) is 16.0. The Morgan fingerprint density at radius 1 is 1.25 bits per heavy atom. The lowest BCUT2D eigenvalue weighted by atomic mass is 9.92. The quantitative estimate of drug-likeness (QED) is 0.863. The normalized spacial score (nSPS) is 24.7. The minimum absolute atomic E-state index is 0.0136. The number of aromatic nitrogens is 2. The van der Waals surface area contributed by atoms with Gasteiger partial charge in [0.25, 0.3) is 0 Å². The molecule has 2 fully saturated rings. The summed E-state index contributed by atoms with van der Waals surface area (Å²) < 4.78 is 34.1. The van der Waals surface area contributed by atoms with Crippen molar-refractivity contribution in [2.24, 2.45) is 7.05 Å².